The molecule has 35 heavy (non-hydrogen) atoms. The zero-order chi connectivity index (χ0) is 24.3. The number of aliphatic hydroxyl groups is 1. The summed E-state index contributed by atoms with van der Waals surface area (Å²) in [6, 6.07) is 17.2. The van der Waals surface area contributed by atoms with Crippen molar-refractivity contribution in [3.8, 4) is 0 Å². The minimum Gasteiger partial charge on any atom is -0.464 e. The first kappa shape index (κ1) is 23.4. The highest BCUT2D eigenvalue weighted by Gasteiger charge is 2.48. The zero-order valence-corrected chi connectivity index (χ0v) is 19.9. The molecule has 1 atom stereocenters. The summed E-state index contributed by atoms with van der Waals surface area (Å²) in [5, 5.41) is 12.7. The van der Waals surface area contributed by atoms with Gasteiger partial charge in [-0.1, -0.05) is 55.3 Å². The number of nitrogens with two attached hydrogens (primary N) is 1. The van der Waals surface area contributed by atoms with E-state index in [1.807, 2.05) is 59.5 Å². The van der Waals surface area contributed by atoms with Crippen LogP contribution in [0.4, 0.5) is 0 Å². The van der Waals surface area contributed by atoms with E-state index in [0.29, 0.717) is 44.0 Å². The lowest BCUT2D eigenvalue weighted by molar-refractivity contribution is -0.181. The van der Waals surface area contributed by atoms with Crippen molar-refractivity contribution in [1.82, 2.24) is 4.90 Å². The Morgan fingerprint density at radius 3 is 2.57 bits per heavy atom. The molecular formula is C28H33N3O4. The van der Waals surface area contributed by atoms with Gasteiger partial charge in [0.05, 0.1) is 12.8 Å². The van der Waals surface area contributed by atoms with Crippen LogP contribution < -0.4 is 5.73 Å². The van der Waals surface area contributed by atoms with Gasteiger partial charge in [0.1, 0.15) is 11.7 Å². The van der Waals surface area contributed by atoms with E-state index >= 15 is 0 Å². The maximum atomic E-state index is 13.3. The molecule has 0 bridgehead atoms. The van der Waals surface area contributed by atoms with Crippen LogP contribution >= 0.6 is 0 Å². The number of likely N-dealkylation sites (tertiary alicyclic amines) is 1. The van der Waals surface area contributed by atoms with Crippen LogP contribution in [0, 0.1) is 5.92 Å². The SMILES string of the molecule is NC(=NCc1ccc2ccoc2c1)N1CCC(OC(=O)[C@](O)(c2ccccc2)C2CCCC2)CC1. The van der Waals surface area contributed by atoms with Gasteiger partial charge >= 0.3 is 5.97 Å². The Morgan fingerprint density at radius 1 is 1.09 bits per heavy atom. The summed E-state index contributed by atoms with van der Waals surface area (Å²) in [5.41, 5.74) is 7.17. The molecule has 184 valence electrons. The number of hydrogen-bond donors (Lipinski definition) is 2. The summed E-state index contributed by atoms with van der Waals surface area (Å²) in [6.07, 6.45) is 6.45. The number of nitrogens with zero attached hydrogens (tertiary/aromatic N) is 2. The molecule has 2 aliphatic rings. The van der Waals surface area contributed by atoms with Crippen molar-refractivity contribution in [1.29, 1.82) is 0 Å². The largest absolute Gasteiger partial charge is 0.464 e. The Bertz CT molecular complexity index is 1180. The maximum Gasteiger partial charge on any atom is 0.343 e. The third-order valence-electron chi connectivity index (χ3n) is 7.45. The number of benzene rings is 2. The number of carbonyl (C=O) groups is 1. The van der Waals surface area contributed by atoms with Gasteiger partial charge in [0.15, 0.2) is 11.6 Å². The summed E-state index contributed by atoms with van der Waals surface area (Å²) in [7, 11) is 0. The molecule has 0 radical (unpaired) electrons. The lowest BCUT2D eigenvalue weighted by Gasteiger charge is -2.36. The fraction of sp³-hybridized carbons (Fsp3) is 0.429. The number of furan rings is 1. The minimum atomic E-state index is -1.59. The molecule has 1 saturated heterocycles. The van der Waals surface area contributed by atoms with Gasteiger partial charge in [0, 0.05) is 37.2 Å². The van der Waals surface area contributed by atoms with Crippen LogP contribution in [0.2, 0.25) is 0 Å². The van der Waals surface area contributed by atoms with Crippen molar-refractivity contribution in [3.05, 3.63) is 72.0 Å². The molecule has 1 aromatic heterocycles. The normalized spacial score (nSPS) is 19.7. The Kier molecular flexibility index (Phi) is 6.77. The van der Waals surface area contributed by atoms with E-state index in [4.69, 9.17) is 14.9 Å². The molecule has 2 aromatic carbocycles. The standard InChI is InChI=1S/C28H33N3O4/c29-27(30-19-20-10-11-21-14-17-34-25(21)18-20)31-15-12-24(13-16-31)35-26(32)28(33,23-8-4-5-9-23)22-6-2-1-3-7-22/h1-3,6-7,10-11,14,17-18,23-24,33H,4-5,8-9,12-13,15-16,19H2,(H2,29,30)/t28-/m0/s1. The molecule has 3 aromatic rings. The molecule has 2 fully saturated rings. The third-order valence-corrected chi connectivity index (χ3v) is 7.45. The van der Waals surface area contributed by atoms with E-state index in [0.717, 1.165) is 42.2 Å². The van der Waals surface area contributed by atoms with Gasteiger partial charge in [0.2, 0.25) is 0 Å². The van der Waals surface area contributed by atoms with E-state index in [9.17, 15) is 9.90 Å². The molecule has 1 aliphatic heterocycles. The second-order valence-electron chi connectivity index (χ2n) is 9.67. The first-order valence-electron chi connectivity index (χ1n) is 12.5. The van der Waals surface area contributed by atoms with Gasteiger partial charge in [-0.15, -0.1) is 0 Å². The number of carbonyl (C=O) groups excluding carboxylic acids is 1. The summed E-state index contributed by atoms with van der Waals surface area (Å²) in [5.74, 6) is -0.147. The maximum absolute atomic E-state index is 13.3. The van der Waals surface area contributed by atoms with Crippen LogP contribution in [0.5, 0.6) is 0 Å². The van der Waals surface area contributed by atoms with Crippen molar-refractivity contribution in [2.45, 2.75) is 56.8 Å². The second kappa shape index (κ2) is 10.1. The van der Waals surface area contributed by atoms with Gasteiger partial charge in [-0.2, -0.15) is 0 Å². The van der Waals surface area contributed by atoms with Gasteiger partial charge < -0.3 is 24.9 Å². The highest BCUT2D eigenvalue weighted by molar-refractivity contribution is 5.82. The fourth-order valence-electron chi connectivity index (χ4n) is 5.37. The van der Waals surface area contributed by atoms with Crippen molar-refractivity contribution < 1.29 is 19.1 Å². The lowest BCUT2D eigenvalue weighted by atomic mass is 9.80. The number of esters is 1. The Labute approximate surface area is 205 Å². The van der Waals surface area contributed by atoms with E-state index < -0.39 is 11.6 Å². The van der Waals surface area contributed by atoms with Gasteiger partial charge in [-0.3, -0.25) is 0 Å². The highest BCUT2D eigenvalue weighted by atomic mass is 16.6. The van der Waals surface area contributed by atoms with E-state index in [1.165, 1.54) is 0 Å². The van der Waals surface area contributed by atoms with Gasteiger partial charge in [-0.05, 0) is 36.1 Å². The third kappa shape index (κ3) is 4.91. The molecule has 1 saturated carbocycles. The predicted molar refractivity (Wildman–Crippen MR) is 135 cm³/mol. The van der Waals surface area contributed by atoms with E-state index in [1.54, 1.807) is 6.26 Å². The van der Waals surface area contributed by atoms with Crippen molar-refractivity contribution >= 4 is 22.9 Å². The quantitative estimate of drug-likeness (QED) is 0.313. The van der Waals surface area contributed by atoms with E-state index in [-0.39, 0.29) is 12.0 Å². The average Bonchev–Trinajstić information content (AvgIpc) is 3.60. The number of hydrogen-bond acceptors (Lipinski definition) is 5. The number of aliphatic imine (C=N–C) groups is 1. The highest BCUT2D eigenvalue weighted by Crippen LogP contribution is 2.42. The monoisotopic (exact) mass is 475 g/mol. The summed E-state index contributed by atoms with van der Waals surface area (Å²) in [6.45, 7) is 1.78. The average molecular weight is 476 g/mol. The second-order valence-corrected chi connectivity index (χ2v) is 9.67. The van der Waals surface area contributed by atoms with Gasteiger partial charge in [0.25, 0.3) is 0 Å². The molecule has 2 heterocycles. The molecule has 0 unspecified atom stereocenters. The minimum absolute atomic E-state index is 0.110. The van der Waals surface area contributed by atoms with Crippen molar-refractivity contribution in [2.75, 3.05) is 13.1 Å². The number of piperidine rings is 1. The molecule has 0 spiro atoms. The lowest BCUT2D eigenvalue weighted by Crippen LogP contribution is -2.48. The molecule has 1 aliphatic carbocycles. The number of guanidine groups is 1. The molecule has 5 rings (SSSR count). The summed E-state index contributed by atoms with van der Waals surface area (Å²) in [4.78, 5) is 19.9. The first-order chi connectivity index (χ1) is 17.0. The summed E-state index contributed by atoms with van der Waals surface area (Å²) < 4.78 is 11.4. The van der Waals surface area contributed by atoms with E-state index in [2.05, 4.69) is 4.99 Å². The smallest absolute Gasteiger partial charge is 0.343 e. The van der Waals surface area contributed by atoms with Crippen LogP contribution in [0.3, 0.4) is 0 Å². The van der Waals surface area contributed by atoms with Crippen molar-refractivity contribution in [3.63, 3.8) is 0 Å². The molecule has 7 heteroatoms. The summed E-state index contributed by atoms with van der Waals surface area (Å²) >= 11 is 0. The molecule has 0 amide bonds. The van der Waals surface area contributed by atoms with Crippen LogP contribution in [0.25, 0.3) is 11.0 Å². The van der Waals surface area contributed by atoms with Crippen LogP contribution in [0.15, 0.2) is 70.3 Å². The van der Waals surface area contributed by atoms with Crippen LogP contribution in [-0.2, 0) is 21.7 Å². The Balaban J connectivity index is 1.18. The number of fused-ring (bicyclic) bond motifs is 1. The molecule has 3 N–H and O–H groups in total. The predicted octanol–water partition coefficient (Wildman–Crippen LogP) is 4.33. The topological polar surface area (TPSA) is 101 Å². The fourth-order valence-corrected chi connectivity index (χ4v) is 5.37. The molecular weight excluding hydrogens is 442 g/mol. The van der Waals surface area contributed by atoms with Crippen LogP contribution in [0.1, 0.15) is 49.7 Å². The first-order valence-corrected chi connectivity index (χ1v) is 12.5. The van der Waals surface area contributed by atoms with Crippen molar-refractivity contribution in [2.24, 2.45) is 16.6 Å². The zero-order valence-electron chi connectivity index (χ0n) is 19.9. The Morgan fingerprint density at radius 2 is 1.83 bits per heavy atom. The Hall–Kier alpha value is -3.32. The van der Waals surface area contributed by atoms with Crippen LogP contribution in [-0.4, -0.2) is 41.1 Å². The number of ether oxygens (including phenoxy) is 1. The van der Waals surface area contributed by atoms with Gasteiger partial charge in [-0.25, -0.2) is 9.79 Å². The number of rotatable bonds is 6. The molecule has 7 nitrogen and oxygen atoms in total.